The maximum absolute atomic E-state index is 14.8. The van der Waals surface area contributed by atoms with Crippen LogP contribution in [0.1, 0.15) is 34.5 Å². The topological polar surface area (TPSA) is 126 Å². The second-order valence-corrected chi connectivity index (χ2v) is 10.4. The lowest BCUT2D eigenvalue weighted by Crippen LogP contribution is -2.54. The average molecular weight is 552 g/mol. The molecule has 40 heavy (non-hydrogen) atoms. The minimum Gasteiger partial charge on any atom is -0.372 e. The summed E-state index contributed by atoms with van der Waals surface area (Å²) in [5.41, 5.74) is 4.88. The van der Waals surface area contributed by atoms with Crippen LogP contribution < -0.4 is 11.3 Å². The van der Waals surface area contributed by atoms with Crippen molar-refractivity contribution in [2.45, 2.75) is 25.4 Å². The maximum atomic E-state index is 14.8. The summed E-state index contributed by atoms with van der Waals surface area (Å²) in [7, 11) is 0. The third-order valence-electron chi connectivity index (χ3n) is 7.72. The third-order valence-corrected chi connectivity index (χ3v) is 7.72. The van der Waals surface area contributed by atoms with E-state index in [-0.39, 0.29) is 23.1 Å². The van der Waals surface area contributed by atoms with E-state index in [1.54, 1.807) is 34.1 Å². The summed E-state index contributed by atoms with van der Waals surface area (Å²) in [4.78, 5) is 43.8. The molecule has 10 nitrogen and oxygen atoms in total. The summed E-state index contributed by atoms with van der Waals surface area (Å²) in [5, 5.41) is 7.96. The van der Waals surface area contributed by atoms with Gasteiger partial charge in [-0.05, 0) is 36.6 Å². The van der Waals surface area contributed by atoms with Crippen LogP contribution in [0.5, 0.6) is 0 Å². The molecule has 2 fully saturated rings. The largest absolute Gasteiger partial charge is 0.372 e. The van der Waals surface area contributed by atoms with E-state index in [1.165, 1.54) is 6.07 Å². The molecule has 1 aromatic heterocycles. The number of halogens is 1. The quantitative estimate of drug-likeness (QED) is 0.424. The number of ether oxygens (including phenoxy) is 1. The Bertz CT molecular complexity index is 1410. The van der Waals surface area contributed by atoms with Gasteiger partial charge in [0.05, 0.1) is 42.4 Å². The number of carbonyl (C=O) groups is 2. The summed E-state index contributed by atoms with van der Waals surface area (Å²) in [6.45, 7) is 4.98. The standard InChI is InChI=1S/C29H35FN6O4/c30-25-6-5-20(18-26-22-3-1-2-4-23(22)28(38)33-32-26)17-24(25)29(39)36-14-12-35(13-15-36)27(37)19-34-10-7-21(8-11-34)40-16-9-31/h1-6,17,21H,7-16,18-19,31H2,(H,33,38)/p+1. The van der Waals surface area contributed by atoms with Gasteiger partial charge in [-0.15, -0.1) is 0 Å². The van der Waals surface area contributed by atoms with Crippen LogP contribution >= 0.6 is 0 Å². The zero-order valence-electron chi connectivity index (χ0n) is 22.6. The van der Waals surface area contributed by atoms with E-state index in [9.17, 15) is 18.8 Å². The lowest BCUT2D eigenvalue weighted by Gasteiger charge is -2.37. The van der Waals surface area contributed by atoms with Crippen LogP contribution in [0.4, 0.5) is 4.39 Å². The highest BCUT2D eigenvalue weighted by molar-refractivity contribution is 5.95. The van der Waals surface area contributed by atoms with Crippen molar-refractivity contribution in [2.24, 2.45) is 0 Å². The first kappa shape index (κ1) is 27.9. The Morgan fingerprint density at radius 3 is 2.42 bits per heavy atom. The molecule has 0 spiro atoms. The minimum atomic E-state index is -0.589. The van der Waals surface area contributed by atoms with Gasteiger partial charge in [-0.1, -0.05) is 24.3 Å². The first-order chi connectivity index (χ1) is 19.4. The van der Waals surface area contributed by atoms with Crippen LogP contribution in [0.15, 0.2) is 47.3 Å². The third kappa shape index (κ3) is 6.38. The van der Waals surface area contributed by atoms with Gasteiger partial charge >= 0.3 is 0 Å². The lowest BCUT2D eigenvalue weighted by molar-refractivity contribution is -0.375. The number of nitrogens with zero attached hydrogens (tertiary/aromatic N) is 4. The molecule has 0 aliphatic carbocycles. The van der Waals surface area contributed by atoms with Gasteiger partial charge in [0, 0.05) is 51.1 Å². The average Bonchev–Trinajstić information content (AvgIpc) is 2.99. The highest BCUT2D eigenvalue weighted by Gasteiger charge is 2.28. The second kappa shape index (κ2) is 12.7. The first-order valence-electron chi connectivity index (χ1n) is 13.9. The van der Waals surface area contributed by atoms with E-state index in [4.69, 9.17) is 4.74 Å². The fourth-order valence-corrected chi connectivity index (χ4v) is 5.45. The molecule has 0 unspecified atom stereocenters. The van der Waals surface area contributed by atoms with Crippen molar-refractivity contribution in [3.8, 4) is 0 Å². The van der Waals surface area contributed by atoms with Crippen molar-refractivity contribution in [3.63, 3.8) is 0 Å². The van der Waals surface area contributed by atoms with Crippen molar-refractivity contribution in [2.75, 3.05) is 59.0 Å². The van der Waals surface area contributed by atoms with E-state index in [1.807, 2.05) is 12.1 Å². The highest BCUT2D eigenvalue weighted by Crippen LogP contribution is 2.20. The van der Waals surface area contributed by atoms with Gasteiger partial charge in [0.15, 0.2) is 0 Å². The highest BCUT2D eigenvalue weighted by atomic mass is 19.1. The lowest BCUT2D eigenvalue weighted by atomic mass is 10.0. The van der Waals surface area contributed by atoms with Gasteiger partial charge in [-0.25, -0.2) is 9.49 Å². The van der Waals surface area contributed by atoms with E-state index in [0.717, 1.165) is 37.9 Å². The first-order valence-corrected chi connectivity index (χ1v) is 13.9. The van der Waals surface area contributed by atoms with Crippen molar-refractivity contribution in [1.29, 1.82) is 0 Å². The molecule has 3 heterocycles. The zero-order valence-corrected chi connectivity index (χ0v) is 22.6. The number of benzene rings is 2. The number of hydrogen-bond donors (Lipinski definition) is 2. The number of H-pyrrole nitrogens is 1. The van der Waals surface area contributed by atoms with Gasteiger partial charge in [0.25, 0.3) is 11.5 Å². The number of fused-ring (bicyclic) bond motifs is 1. The molecule has 2 aliphatic heterocycles. The van der Waals surface area contributed by atoms with Gasteiger partial charge in [0.1, 0.15) is 5.82 Å². The molecule has 0 saturated carbocycles. The molecule has 0 bridgehead atoms. The zero-order chi connectivity index (χ0) is 28.1. The fourth-order valence-electron chi connectivity index (χ4n) is 5.45. The Morgan fingerprint density at radius 2 is 1.70 bits per heavy atom. The molecule has 212 valence electrons. The predicted octanol–water partition coefficient (Wildman–Crippen LogP) is 0.660. The number of amides is 2. The number of aromatic amines is 1. The van der Waals surface area contributed by atoms with Crippen molar-refractivity contribution in [1.82, 2.24) is 24.9 Å². The Morgan fingerprint density at radius 1 is 1.00 bits per heavy atom. The molecule has 4 N–H and O–H groups in total. The number of aromatic nitrogens is 2. The normalized spacial score (nSPS) is 16.9. The molecule has 5 rings (SSSR count). The molecule has 3 aromatic rings. The second-order valence-electron chi connectivity index (χ2n) is 10.4. The fraction of sp³-hybridized carbons (Fsp3) is 0.448. The Hall–Kier alpha value is -3.67. The van der Waals surface area contributed by atoms with E-state index in [2.05, 4.69) is 20.8 Å². The Kier molecular flexibility index (Phi) is 8.83. The molecule has 0 atom stereocenters. The molecule has 2 saturated heterocycles. The van der Waals surface area contributed by atoms with Gasteiger partial charge in [0.2, 0.25) is 5.91 Å². The summed E-state index contributed by atoms with van der Waals surface area (Å²) in [6.07, 6.45) is 2.40. The van der Waals surface area contributed by atoms with Gasteiger partial charge in [-0.2, -0.15) is 5.10 Å². The van der Waals surface area contributed by atoms with Crippen LogP contribution in [0.3, 0.4) is 0 Å². The van der Waals surface area contributed by atoms with E-state index in [0.29, 0.717) is 62.4 Å². The SMILES string of the molecule is [NH3+]CCOC1CCN(CC(=O)N2CCN(C(=O)c3cc(Cc4n[nH]c(=O)c5ccccc45)ccc3F)CC2)CC1. The monoisotopic (exact) mass is 551 g/mol. The number of piperazine rings is 1. The van der Waals surface area contributed by atoms with E-state index >= 15 is 0 Å². The van der Waals surface area contributed by atoms with Crippen molar-refractivity contribution < 1.29 is 24.5 Å². The Balaban J connectivity index is 1.17. The van der Waals surface area contributed by atoms with Crippen LogP contribution in [0.2, 0.25) is 0 Å². The van der Waals surface area contributed by atoms with Gasteiger partial charge in [-0.3, -0.25) is 19.3 Å². The predicted molar refractivity (Wildman–Crippen MR) is 147 cm³/mol. The molecular weight excluding hydrogens is 515 g/mol. The van der Waals surface area contributed by atoms with Crippen molar-refractivity contribution in [3.05, 3.63) is 75.5 Å². The van der Waals surface area contributed by atoms with Crippen LogP contribution in [-0.2, 0) is 16.0 Å². The van der Waals surface area contributed by atoms with Crippen LogP contribution in [-0.4, -0.2) is 102 Å². The molecule has 2 aliphatic rings. The molecule has 0 radical (unpaired) electrons. The molecular formula is C29H36FN6O4+. The van der Waals surface area contributed by atoms with Crippen LogP contribution in [0.25, 0.3) is 10.8 Å². The number of likely N-dealkylation sites (tertiary alicyclic amines) is 1. The summed E-state index contributed by atoms with van der Waals surface area (Å²) in [5.74, 6) is -0.928. The number of quaternary nitrogens is 1. The summed E-state index contributed by atoms with van der Waals surface area (Å²) in [6, 6.07) is 11.7. The smallest absolute Gasteiger partial charge is 0.272 e. The van der Waals surface area contributed by atoms with E-state index < -0.39 is 11.7 Å². The van der Waals surface area contributed by atoms with Crippen molar-refractivity contribution >= 4 is 22.6 Å². The number of carbonyl (C=O) groups excluding carboxylic acids is 2. The molecule has 2 amide bonds. The minimum absolute atomic E-state index is 0.00468. The summed E-state index contributed by atoms with van der Waals surface area (Å²) < 4.78 is 20.6. The Labute approximate surface area is 231 Å². The van der Waals surface area contributed by atoms with Gasteiger partial charge < -0.3 is 20.3 Å². The molecule has 2 aromatic carbocycles. The number of hydrogen-bond acceptors (Lipinski definition) is 6. The summed E-state index contributed by atoms with van der Waals surface area (Å²) >= 11 is 0. The molecule has 11 heteroatoms. The number of rotatable bonds is 8. The number of piperidine rings is 1. The maximum Gasteiger partial charge on any atom is 0.272 e. The number of nitrogens with one attached hydrogen (secondary N) is 1. The van der Waals surface area contributed by atoms with Crippen LogP contribution in [0, 0.1) is 5.82 Å².